The number of nitrogens with zero attached hydrogens (tertiary/aromatic N) is 3. The number of nitrogens with one attached hydrogen (secondary N) is 1. The number of aliphatic hydroxyl groups is 1. The van der Waals surface area contributed by atoms with Crippen molar-refractivity contribution < 1.29 is 14.7 Å². The fraction of sp³-hybridized carbons (Fsp3) is 0.100. The van der Waals surface area contributed by atoms with Crippen molar-refractivity contribution >= 4 is 28.4 Å². The Morgan fingerprint density at radius 1 is 1.11 bits per heavy atom. The van der Waals surface area contributed by atoms with Crippen molar-refractivity contribution in [1.29, 1.82) is 5.26 Å². The van der Waals surface area contributed by atoms with Gasteiger partial charge in [0, 0.05) is 0 Å². The molecule has 2 amide bonds. The Bertz CT molecular complexity index is 1100. The number of imidazole rings is 1. The van der Waals surface area contributed by atoms with Crippen molar-refractivity contribution in [2.45, 2.75) is 13.0 Å². The van der Waals surface area contributed by atoms with Crippen LogP contribution in [0.3, 0.4) is 0 Å². The maximum absolute atomic E-state index is 12.6. The molecule has 1 aliphatic heterocycles. The van der Waals surface area contributed by atoms with Crippen molar-refractivity contribution in [2.75, 3.05) is 0 Å². The summed E-state index contributed by atoms with van der Waals surface area (Å²) in [5.74, 6) is -1.22. The second kappa shape index (κ2) is 6.11. The molecular formula is C20H14N4O3. The van der Waals surface area contributed by atoms with Gasteiger partial charge in [0.25, 0.3) is 11.8 Å². The number of rotatable bonds is 3. The van der Waals surface area contributed by atoms with Crippen molar-refractivity contribution in [3.05, 3.63) is 71.2 Å². The highest BCUT2D eigenvalue weighted by Gasteiger charge is 2.40. The van der Waals surface area contributed by atoms with E-state index in [-0.39, 0.29) is 22.5 Å². The molecule has 3 aromatic rings. The summed E-state index contributed by atoms with van der Waals surface area (Å²) in [6.45, 7) is 1.50. The highest BCUT2D eigenvalue weighted by molar-refractivity contribution is 6.21. The zero-order chi connectivity index (χ0) is 19.1. The number of H-pyrrole nitrogens is 1. The fourth-order valence-corrected chi connectivity index (χ4v) is 3.19. The van der Waals surface area contributed by atoms with E-state index < -0.39 is 23.6 Å². The molecule has 1 aromatic heterocycles. The van der Waals surface area contributed by atoms with Crippen LogP contribution in [0.2, 0.25) is 0 Å². The third-order valence-corrected chi connectivity index (χ3v) is 4.60. The predicted molar refractivity (Wildman–Crippen MR) is 97.7 cm³/mol. The summed E-state index contributed by atoms with van der Waals surface area (Å²) in [6, 6.07) is 14.6. The summed E-state index contributed by atoms with van der Waals surface area (Å²) < 4.78 is 0. The van der Waals surface area contributed by atoms with Gasteiger partial charge in [0.1, 0.15) is 17.4 Å². The number of imide groups is 1. The van der Waals surface area contributed by atoms with Crippen molar-refractivity contribution in [3.8, 4) is 6.07 Å². The molecule has 0 radical (unpaired) electrons. The Hall–Kier alpha value is -3.92. The number of hydrogen-bond acceptors (Lipinski definition) is 5. The summed E-state index contributed by atoms with van der Waals surface area (Å²) in [7, 11) is 0. The van der Waals surface area contributed by atoms with E-state index in [1.807, 2.05) is 18.2 Å². The van der Waals surface area contributed by atoms with E-state index in [4.69, 9.17) is 0 Å². The standard InChI is InChI=1S/C20H14N4O3/c1-11(24-19(26)12-6-2-3-7-13(12)20(24)27)17(25)14(10-21)18-22-15-8-4-5-9-16(15)23-18/h2-9,11,25H,1H3,(H,22,23)/b17-14-/t11-/m1/s1. The van der Waals surface area contributed by atoms with Gasteiger partial charge in [-0.3, -0.25) is 14.5 Å². The minimum absolute atomic E-state index is 0.116. The van der Waals surface area contributed by atoms with Gasteiger partial charge in [0.15, 0.2) is 5.82 Å². The highest BCUT2D eigenvalue weighted by atomic mass is 16.3. The molecule has 2 N–H and O–H groups in total. The van der Waals surface area contributed by atoms with Gasteiger partial charge in [-0.25, -0.2) is 4.98 Å². The Balaban J connectivity index is 1.76. The number of para-hydroxylation sites is 2. The normalized spacial score (nSPS) is 15.5. The first kappa shape index (κ1) is 16.5. The Morgan fingerprint density at radius 2 is 1.70 bits per heavy atom. The number of amides is 2. The van der Waals surface area contributed by atoms with Crippen LogP contribution in [0.4, 0.5) is 0 Å². The lowest BCUT2D eigenvalue weighted by Gasteiger charge is -2.22. The van der Waals surface area contributed by atoms with Gasteiger partial charge >= 0.3 is 0 Å². The summed E-state index contributed by atoms with van der Waals surface area (Å²) in [6.07, 6.45) is 0. The maximum Gasteiger partial charge on any atom is 0.262 e. The maximum atomic E-state index is 12.6. The van der Waals surface area contributed by atoms with Gasteiger partial charge in [-0.2, -0.15) is 5.26 Å². The van der Waals surface area contributed by atoms with Gasteiger partial charge in [-0.05, 0) is 31.2 Å². The smallest absolute Gasteiger partial charge is 0.262 e. The molecule has 132 valence electrons. The Morgan fingerprint density at radius 3 is 2.30 bits per heavy atom. The molecule has 0 fully saturated rings. The van der Waals surface area contributed by atoms with Crippen LogP contribution in [0, 0.1) is 11.3 Å². The van der Waals surface area contributed by atoms with E-state index in [2.05, 4.69) is 9.97 Å². The van der Waals surface area contributed by atoms with E-state index in [9.17, 15) is 20.0 Å². The van der Waals surface area contributed by atoms with Gasteiger partial charge in [-0.1, -0.05) is 24.3 Å². The third kappa shape index (κ3) is 2.47. The molecule has 0 spiro atoms. The second-order valence-corrected chi connectivity index (χ2v) is 6.18. The third-order valence-electron chi connectivity index (χ3n) is 4.60. The molecule has 7 heteroatoms. The molecule has 0 saturated heterocycles. The number of hydrogen-bond donors (Lipinski definition) is 2. The number of nitriles is 1. The molecule has 27 heavy (non-hydrogen) atoms. The van der Waals surface area contributed by atoms with Crippen LogP contribution in [0.25, 0.3) is 16.6 Å². The van der Waals surface area contributed by atoms with Crippen LogP contribution in [-0.4, -0.2) is 37.8 Å². The number of allylic oxidation sites excluding steroid dienone is 1. The molecule has 7 nitrogen and oxygen atoms in total. The topological polar surface area (TPSA) is 110 Å². The molecule has 1 aliphatic rings. The highest BCUT2D eigenvalue weighted by Crippen LogP contribution is 2.28. The zero-order valence-electron chi connectivity index (χ0n) is 14.3. The lowest BCUT2D eigenvalue weighted by Crippen LogP contribution is -2.39. The molecule has 2 aromatic carbocycles. The number of benzene rings is 2. The number of aliphatic hydroxyl groups excluding tert-OH is 1. The van der Waals surface area contributed by atoms with E-state index in [1.54, 1.807) is 36.4 Å². The molecule has 1 atom stereocenters. The first-order valence-electron chi connectivity index (χ1n) is 8.28. The summed E-state index contributed by atoms with van der Waals surface area (Å²) in [5, 5.41) is 20.2. The first-order valence-corrected chi connectivity index (χ1v) is 8.28. The second-order valence-electron chi connectivity index (χ2n) is 6.18. The van der Waals surface area contributed by atoms with E-state index in [0.29, 0.717) is 11.0 Å². The summed E-state index contributed by atoms with van der Waals surface area (Å²) in [5.41, 5.74) is 1.80. The van der Waals surface area contributed by atoms with Gasteiger partial charge in [0.05, 0.1) is 28.2 Å². The molecule has 0 bridgehead atoms. The summed E-state index contributed by atoms with van der Waals surface area (Å²) >= 11 is 0. The van der Waals surface area contributed by atoms with Crippen LogP contribution in [0.15, 0.2) is 54.3 Å². The van der Waals surface area contributed by atoms with Crippen molar-refractivity contribution in [3.63, 3.8) is 0 Å². The molecule has 2 heterocycles. The van der Waals surface area contributed by atoms with E-state index in [1.165, 1.54) is 6.92 Å². The average molecular weight is 358 g/mol. The molecular weight excluding hydrogens is 344 g/mol. The SMILES string of the molecule is C[C@H](/C(O)=C(\C#N)c1nc2ccccc2[nH]1)N1C(=O)c2ccccc2C1=O. The monoisotopic (exact) mass is 358 g/mol. The number of carbonyl (C=O) groups excluding carboxylic acids is 2. The molecule has 0 saturated carbocycles. The quantitative estimate of drug-likeness (QED) is 0.425. The largest absolute Gasteiger partial charge is 0.509 e. The Labute approximate surface area is 154 Å². The number of carbonyl (C=O) groups is 2. The molecule has 4 rings (SSSR count). The van der Waals surface area contributed by atoms with Crippen LogP contribution >= 0.6 is 0 Å². The van der Waals surface area contributed by atoms with Gasteiger partial charge in [0.2, 0.25) is 0 Å². The minimum Gasteiger partial charge on any atom is -0.509 e. The lowest BCUT2D eigenvalue weighted by molar-refractivity contribution is 0.0590. The summed E-state index contributed by atoms with van der Waals surface area (Å²) in [4.78, 5) is 33.5. The van der Waals surface area contributed by atoms with Crippen LogP contribution in [0.5, 0.6) is 0 Å². The van der Waals surface area contributed by atoms with E-state index in [0.717, 1.165) is 4.90 Å². The predicted octanol–water partition coefficient (Wildman–Crippen LogP) is 3.04. The first-order chi connectivity index (χ1) is 13.0. The van der Waals surface area contributed by atoms with Gasteiger partial charge < -0.3 is 10.1 Å². The molecule has 0 aliphatic carbocycles. The van der Waals surface area contributed by atoms with Crippen LogP contribution in [-0.2, 0) is 0 Å². The number of aromatic nitrogens is 2. The van der Waals surface area contributed by atoms with Gasteiger partial charge in [-0.15, -0.1) is 0 Å². The van der Waals surface area contributed by atoms with Crippen LogP contribution in [0.1, 0.15) is 33.5 Å². The Kier molecular flexibility index (Phi) is 3.74. The fourth-order valence-electron chi connectivity index (χ4n) is 3.19. The average Bonchev–Trinajstić information content (AvgIpc) is 3.21. The lowest BCUT2D eigenvalue weighted by atomic mass is 10.1. The van der Waals surface area contributed by atoms with Crippen molar-refractivity contribution in [1.82, 2.24) is 14.9 Å². The minimum atomic E-state index is -1.01. The van der Waals surface area contributed by atoms with Crippen molar-refractivity contribution in [2.24, 2.45) is 0 Å². The number of aromatic amines is 1. The zero-order valence-corrected chi connectivity index (χ0v) is 14.3. The number of fused-ring (bicyclic) bond motifs is 2. The molecule has 0 unspecified atom stereocenters. The van der Waals surface area contributed by atoms with Crippen LogP contribution < -0.4 is 0 Å². The van der Waals surface area contributed by atoms with E-state index >= 15 is 0 Å².